The minimum absolute atomic E-state index is 0.582. The number of aliphatic hydroxyl groups excluding tert-OH is 1. The quantitative estimate of drug-likeness (QED) is 0.608. The van der Waals surface area contributed by atoms with E-state index in [1.165, 1.54) is 0 Å². The van der Waals surface area contributed by atoms with E-state index in [2.05, 4.69) is 6.58 Å². The van der Waals surface area contributed by atoms with E-state index in [1.807, 2.05) is 6.92 Å². The monoisotopic (exact) mass is 158 g/mol. The molecule has 2 heteroatoms. The Kier molecular flexibility index (Phi) is 3.76. The SMILES string of the molecule is C=C(C)CCC(O)C(C)(C)O. The fourth-order valence-corrected chi connectivity index (χ4v) is 0.736. The summed E-state index contributed by atoms with van der Waals surface area (Å²) >= 11 is 0. The first kappa shape index (κ1) is 10.7. The van der Waals surface area contributed by atoms with Crippen molar-refractivity contribution in [2.24, 2.45) is 0 Å². The van der Waals surface area contributed by atoms with Crippen molar-refractivity contribution in [1.29, 1.82) is 0 Å². The second-order valence-electron chi connectivity index (χ2n) is 3.67. The van der Waals surface area contributed by atoms with Crippen molar-refractivity contribution in [3.63, 3.8) is 0 Å². The minimum atomic E-state index is -0.991. The lowest BCUT2D eigenvalue weighted by Gasteiger charge is -2.24. The van der Waals surface area contributed by atoms with Crippen molar-refractivity contribution in [1.82, 2.24) is 0 Å². The Morgan fingerprint density at radius 3 is 2.27 bits per heavy atom. The van der Waals surface area contributed by atoms with Gasteiger partial charge in [0.15, 0.2) is 0 Å². The molecule has 0 aromatic heterocycles. The molecule has 0 saturated carbocycles. The number of allylic oxidation sites excluding steroid dienone is 1. The van der Waals surface area contributed by atoms with Crippen LogP contribution in [-0.2, 0) is 0 Å². The molecule has 0 aromatic rings. The average Bonchev–Trinajstić information content (AvgIpc) is 1.80. The summed E-state index contributed by atoms with van der Waals surface area (Å²) in [6, 6.07) is 0. The van der Waals surface area contributed by atoms with Crippen molar-refractivity contribution < 1.29 is 10.2 Å². The van der Waals surface area contributed by atoms with Crippen LogP contribution >= 0.6 is 0 Å². The highest BCUT2D eigenvalue weighted by Crippen LogP contribution is 2.15. The number of hydrogen-bond donors (Lipinski definition) is 2. The van der Waals surface area contributed by atoms with Gasteiger partial charge in [0.05, 0.1) is 11.7 Å². The standard InChI is InChI=1S/C9H18O2/c1-7(2)5-6-8(10)9(3,4)11/h8,10-11H,1,5-6H2,2-4H3. The van der Waals surface area contributed by atoms with Crippen LogP contribution < -0.4 is 0 Å². The molecule has 2 N–H and O–H groups in total. The van der Waals surface area contributed by atoms with Crippen molar-refractivity contribution >= 4 is 0 Å². The normalized spacial score (nSPS) is 14.6. The van der Waals surface area contributed by atoms with E-state index in [1.54, 1.807) is 13.8 Å². The van der Waals surface area contributed by atoms with Crippen LogP contribution in [-0.4, -0.2) is 21.9 Å². The first-order valence-electron chi connectivity index (χ1n) is 3.89. The maximum Gasteiger partial charge on any atom is 0.0849 e. The van der Waals surface area contributed by atoms with Crippen LogP contribution in [0.1, 0.15) is 33.6 Å². The second kappa shape index (κ2) is 3.88. The summed E-state index contributed by atoms with van der Waals surface area (Å²) in [7, 11) is 0. The third kappa shape index (κ3) is 4.99. The molecule has 0 spiro atoms. The zero-order valence-electron chi connectivity index (χ0n) is 7.59. The molecule has 0 aliphatic rings. The Hall–Kier alpha value is -0.340. The summed E-state index contributed by atoms with van der Waals surface area (Å²) in [6.45, 7) is 8.84. The fraction of sp³-hybridized carbons (Fsp3) is 0.778. The molecular formula is C9H18O2. The predicted molar refractivity (Wildman–Crippen MR) is 46.4 cm³/mol. The third-order valence-corrected chi connectivity index (χ3v) is 1.66. The number of aliphatic hydroxyl groups is 2. The first-order chi connectivity index (χ1) is 4.84. The van der Waals surface area contributed by atoms with E-state index in [4.69, 9.17) is 0 Å². The van der Waals surface area contributed by atoms with Gasteiger partial charge in [0, 0.05) is 0 Å². The summed E-state index contributed by atoms with van der Waals surface area (Å²) < 4.78 is 0. The molecule has 0 heterocycles. The zero-order chi connectivity index (χ0) is 9.07. The van der Waals surface area contributed by atoms with Crippen LogP contribution in [0.2, 0.25) is 0 Å². The largest absolute Gasteiger partial charge is 0.390 e. The van der Waals surface area contributed by atoms with Crippen LogP contribution in [0.3, 0.4) is 0 Å². The molecule has 66 valence electrons. The molecule has 0 saturated heterocycles. The Balaban J connectivity index is 3.70. The molecule has 0 radical (unpaired) electrons. The predicted octanol–water partition coefficient (Wildman–Crippen LogP) is 1.47. The smallest absolute Gasteiger partial charge is 0.0849 e. The summed E-state index contributed by atoms with van der Waals surface area (Å²) in [5.41, 5.74) is 0.0448. The Morgan fingerprint density at radius 2 is 2.00 bits per heavy atom. The summed E-state index contributed by atoms with van der Waals surface area (Å²) in [5.74, 6) is 0. The summed E-state index contributed by atoms with van der Waals surface area (Å²) in [4.78, 5) is 0. The van der Waals surface area contributed by atoms with Crippen LogP contribution in [0, 0.1) is 0 Å². The van der Waals surface area contributed by atoms with E-state index in [0.29, 0.717) is 6.42 Å². The number of rotatable bonds is 4. The highest BCUT2D eigenvalue weighted by atomic mass is 16.3. The van der Waals surface area contributed by atoms with Gasteiger partial charge in [-0.05, 0) is 33.6 Å². The molecule has 0 fully saturated rings. The van der Waals surface area contributed by atoms with Gasteiger partial charge in [-0.25, -0.2) is 0 Å². The second-order valence-corrected chi connectivity index (χ2v) is 3.67. The van der Waals surface area contributed by atoms with Crippen molar-refractivity contribution in [3.05, 3.63) is 12.2 Å². The first-order valence-corrected chi connectivity index (χ1v) is 3.89. The van der Waals surface area contributed by atoms with Gasteiger partial charge in [0.1, 0.15) is 0 Å². The highest BCUT2D eigenvalue weighted by Gasteiger charge is 2.23. The lowest BCUT2D eigenvalue weighted by atomic mass is 9.96. The highest BCUT2D eigenvalue weighted by molar-refractivity contribution is 4.90. The molecule has 0 amide bonds. The van der Waals surface area contributed by atoms with Gasteiger partial charge in [0.25, 0.3) is 0 Å². The van der Waals surface area contributed by atoms with Gasteiger partial charge < -0.3 is 10.2 Å². The Bertz CT molecular complexity index is 133. The summed E-state index contributed by atoms with van der Waals surface area (Å²) in [6.07, 6.45) is 0.698. The Morgan fingerprint density at radius 1 is 1.55 bits per heavy atom. The molecule has 1 atom stereocenters. The van der Waals surface area contributed by atoms with Crippen LogP contribution in [0.15, 0.2) is 12.2 Å². The fourth-order valence-electron chi connectivity index (χ4n) is 0.736. The van der Waals surface area contributed by atoms with E-state index in [-0.39, 0.29) is 0 Å². The lowest BCUT2D eigenvalue weighted by molar-refractivity contribution is -0.0509. The van der Waals surface area contributed by atoms with E-state index in [9.17, 15) is 10.2 Å². The van der Waals surface area contributed by atoms with Gasteiger partial charge >= 0.3 is 0 Å². The molecule has 11 heavy (non-hydrogen) atoms. The minimum Gasteiger partial charge on any atom is -0.390 e. The molecule has 0 rings (SSSR count). The Labute approximate surface area is 68.6 Å². The molecule has 0 bridgehead atoms. The molecule has 1 unspecified atom stereocenters. The molecule has 0 aromatic carbocycles. The third-order valence-electron chi connectivity index (χ3n) is 1.66. The maximum absolute atomic E-state index is 9.34. The van der Waals surface area contributed by atoms with Gasteiger partial charge in [-0.3, -0.25) is 0 Å². The molecule has 0 aliphatic carbocycles. The van der Waals surface area contributed by atoms with Gasteiger partial charge in [-0.1, -0.05) is 5.57 Å². The van der Waals surface area contributed by atoms with Crippen LogP contribution in [0.5, 0.6) is 0 Å². The van der Waals surface area contributed by atoms with Gasteiger partial charge in [-0.2, -0.15) is 0 Å². The van der Waals surface area contributed by atoms with Crippen LogP contribution in [0.25, 0.3) is 0 Å². The van der Waals surface area contributed by atoms with Crippen molar-refractivity contribution in [3.8, 4) is 0 Å². The van der Waals surface area contributed by atoms with Crippen molar-refractivity contribution in [2.45, 2.75) is 45.3 Å². The molecule has 0 aliphatic heterocycles. The lowest BCUT2D eigenvalue weighted by Crippen LogP contribution is -2.35. The zero-order valence-corrected chi connectivity index (χ0v) is 7.59. The maximum atomic E-state index is 9.34. The summed E-state index contributed by atoms with van der Waals surface area (Å²) in [5, 5.41) is 18.7. The number of hydrogen-bond acceptors (Lipinski definition) is 2. The van der Waals surface area contributed by atoms with E-state index < -0.39 is 11.7 Å². The molecular weight excluding hydrogens is 140 g/mol. The van der Waals surface area contributed by atoms with Crippen LogP contribution in [0.4, 0.5) is 0 Å². The van der Waals surface area contributed by atoms with Gasteiger partial charge in [0.2, 0.25) is 0 Å². The topological polar surface area (TPSA) is 40.5 Å². The van der Waals surface area contributed by atoms with E-state index >= 15 is 0 Å². The van der Waals surface area contributed by atoms with Crippen molar-refractivity contribution in [2.75, 3.05) is 0 Å². The van der Waals surface area contributed by atoms with E-state index in [0.717, 1.165) is 12.0 Å². The average molecular weight is 158 g/mol. The molecule has 2 nitrogen and oxygen atoms in total. The van der Waals surface area contributed by atoms with Gasteiger partial charge in [-0.15, -0.1) is 6.58 Å².